The summed E-state index contributed by atoms with van der Waals surface area (Å²) in [7, 11) is 0. The van der Waals surface area contributed by atoms with Crippen LogP contribution >= 0.6 is 0 Å². The summed E-state index contributed by atoms with van der Waals surface area (Å²) in [5.74, 6) is 0. The van der Waals surface area contributed by atoms with E-state index in [9.17, 15) is 4.91 Å². The number of hydrogen-bond acceptors (Lipinski definition) is 4. The highest BCUT2D eigenvalue weighted by atomic mass is 16.3. The van der Waals surface area contributed by atoms with Crippen LogP contribution in [0.4, 0.5) is 11.4 Å². The Kier molecular flexibility index (Phi) is 2.01. The monoisotopic (exact) mass is 223 g/mol. The summed E-state index contributed by atoms with van der Waals surface area (Å²) < 4.78 is 0. The van der Waals surface area contributed by atoms with Gasteiger partial charge in [0.2, 0.25) is 0 Å². The third-order valence-electron chi connectivity index (χ3n) is 2.81. The minimum atomic E-state index is 0.361. The average Bonchev–Trinajstić information content (AvgIpc) is 2.38. The Bertz CT molecular complexity index is 737. The van der Waals surface area contributed by atoms with Gasteiger partial charge in [-0.3, -0.25) is 0 Å². The number of nitrogens with zero attached hydrogens (tertiary/aromatic N) is 2. The molecule has 0 radical (unpaired) electrons. The summed E-state index contributed by atoms with van der Waals surface area (Å²) in [5, 5.41) is 4.67. The maximum atomic E-state index is 10.5. The molecule has 0 saturated heterocycles. The Hall–Kier alpha value is -2.49. The molecule has 82 valence electrons. The lowest BCUT2D eigenvalue weighted by atomic mass is 10.1. The van der Waals surface area contributed by atoms with Crippen molar-refractivity contribution in [2.45, 2.75) is 0 Å². The molecule has 0 aliphatic heterocycles. The first-order valence-electron chi connectivity index (χ1n) is 5.21. The largest absolute Gasteiger partial charge is 0.398 e. The molecular formula is C13H9N3O. The Morgan fingerprint density at radius 3 is 2.59 bits per heavy atom. The predicted molar refractivity (Wildman–Crippen MR) is 69.1 cm³/mol. The summed E-state index contributed by atoms with van der Waals surface area (Å²) in [6, 6.07) is 12.7. The molecule has 0 unspecified atom stereocenters. The molecule has 3 rings (SSSR count). The van der Waals surface area contributed by atoms with Gasteiger partial charge in [-0.1, -0.05) is 18.2 Å². The highest BCUT2D eigenvalue weighted by Crippen LogP contribution is 2.30. The summed E-state index contributed by atoms with van der Waals surface area (Å²) in [5.41, 5.74) is 8.65. The van der Waals surface area contributed by atoms with Crippen LogP contribution in [0.15, 0.2) is 47.6 Å². The highest BCUT2D eigenvalue weighted by molar-refractivity contribution is 6.06. The Morgan fingerprint density at radius 2 is 1.76 bits per heavy atom. The Balaban J connectivity index is 2.49. The summed E-state index contributed by atoms with van der Waals surface area (Å²) in [6.07, 6.45) is 0. The first-order chi connectivity index (χ1) is 8.29. The zero-order valence-corrected chi connectivity index (χ0v) is 8.92. The van der Waals surface area contributed by atoms with Crippen molar-refractivity contribution in [2.24, 2.45) is 5.18 Å². The van der Waals surface area contributed by atoms with Gasteiger partial charge in [0.1, 0.15) is 5.69 Å². The number of nitrogen functional groups attached to an aromatic ring is 1. The minimum Gasteiger partial charge on any atom is -0.398 e. The molecular weight excluding hydrogens is 214 g/mol. The van der Waals surface area contributed by atoms with E-state index in [4.69, 9.17) is 5.73 Å². The Morgan fingerprint density at radius 1 is 1.00 bits per heavy atom. The van der Waals surface area contributed by atoms with Crippen LogP contribution in [-0.2, 0) is 0 Å². The number of fused-ring (bicyclic) bond motifs is 2. The van der Waals surface area contributed by atoms with Crippen molar-refractivity contribution < 1.29 is 0 Å². The second-order valence-electron chi connectivity index (χ2n) is 3.84. The van der Waals surface area contributed by atoms with E-state index in [0.717, 1.165) is 16.3 Å². The van der Waals surface area contributed by atoms with Gasteiger partial charge >= 0.3 is 0 Å². The first kappa shape index (κ1) is 9.72. The van der Waals surface area contributed by atoms with E-state index in [-0.39, 0.29) is 0 Å². The molecule has 0 saturated carbocycles. The summed E-state index contributed by atoms with van der Waals surface area (Å²) in [4.78, 5) is 15.0. The van der Waals surface area contributed by atoms with Crippen LogP contribution in [0, 0.1) is 4.91 Å². The molecule has 0 spiro atoms. The van der Waals surface area contributed by atoms with E-state index in [2.05, 4.69) is 10.2 Å². The van der Waals surface area contributed by atoms with Crippen molar-refractivity contribution in [3.8, 4) is 0 Å². The lowest BCUT2D eigenvalue weighted by Gasteiger charge is -2.06. The van der Waals surface area contributed by atoms with Gasteiger partial charge in [0, 0.05) is 10.8 Å². The van der Waals surface area contributed by atoms with Crippen LogP contribution < -0.4 is 5.73 Å². The fourth-order valence-electron chi connectivity index (χ4n) is 1.97. The second kappa shape index (κ2) is 3.52. The number of aromatic nitrogens is 1. The van der Waals surface area contributed by atoms with Crippen molar-refractivity contribution >= 4 is 33.2 Å². The quantitative estimate of drug-likeness (QED) is 0.508. The molecule has 0 aliphatic carbocycles. The van der Waals surface area contributed by atoms with Gasteiger partial charge in [-0.15, -0.1) is 4.91 Å². The van der Waals surface area contributed by atoms with Crippen LogP contribution in [0.1, 0.15) is 0 Å². The molecule has 17 heavy (non-hydrogen) atoms. The number of nitroso groups, excluding NO2 is 1. The van der Waals surface area contributed by atoms with Crippen molar-refractivity contribution in [3.05, 3.63) is 47.4 Å². The molecule has 4 heteroatoms. The molecule has 0 atom stereocenters. The van der Waals surface area contributed by atoms with Crippen molar-refractivity contribution in [2.75, 3.05) is 5.73 Å². The van der Waals surface area contributed by atoms with Crippen LogP contribution in [-0.4, -0.2) is 4.98 Å². The van der Waals surface area contributed by atoms with E-state index in [0.29, 0.717) is 16.9 Å². The lowest BCUT2D eigenvalue weighted by Crippen LogP contribution is -1.92. The van der Waals surface area contributed by atoms with Crippen molar-refractivity contribution in [1.82, 2.24) is 4.98 Å². The second-order valence-corrected chi connectivity index (χ2v) is 3.84. The van der Waals surface area contributed by atoms with Crippen LogP contribution in [0.5, 0.6) is 0 Å². The van der Waals surface area contributed by atoms with Crippen LogP contribution in [0.25, 0.3) is 21.8 Å². The highest BCUT2D eigenvalue weighted by Gasteiger charge is 2.06. The molecule has 2 aromatic carbocycles. The van der Waals surface area contributed by atoms with Gasteiger partial charge in [-0.05, 0) is 29.4 Å². The fraction of sp³-hybridized carbons (Fsp3) is 0. The van der Waals surface area contributed by atoms with E-state index in [1.807, 2.05) is 24.3 Å². The summed E-state index contributed by atoms with van der Waals surface area (Å²) >= 11 is 0. The van der Waals surface area contributed by atoms with Crippen molar-refractivity contribution in [1.29, 1.82) is 0 Å². The number of rotatable bonds is 1. The molecule has 0 amide bonds. The molecule has 1 aromatic heterocycles. The molecule has 0 aliphatic rings. The van der Waals surface area contributed by atoms with E-state index >= 15 is 0 Å². The van der Waals surface area contributed by atoms with Gasteiger partial charge in [0.05, 0.1) is 16.7 Å². The number of hydrogen-bond donors (Lipinski definition) is 1. The van der Waals surface area contributed by atoms with E-state index < -0.39 is 0 Å². The number of benzene rings is 2. The first-order valence-corrected chi connectivity index (χ1v) is 5.21. The Labute approximate surface area is 97.0 Å². The zero-order chi connectivity index (χ0) is 11.8. The molecule has 0 fully saturated rings. The number of pyridine rings is 1. The molecule has 3 aromatic rings. The van der Waals surface area contributed by atoms with E-state index in [1.54, 1.807) is 18.2 Å². The van der Waals surface area contributed by atoms with E-state index in [1.165, 1.54) is 0 Å². The predicted octanol–water partition coefficient (Wildman–Crippen LogP) is 3.37. The van der Waals surface area contributed by atoms with Gasteiger partial charge in [-0.2, -0.15) is 0 Å². The maximum Gasteiger partial charge on any atom is 0.110 e. The van der Waals surface area contributed by atoms with Gasteiger partial charge in [0.15, 0.2) is 0 Å². The number of nitrogens with two attached hydrogens (primary N) is 1. The third-order valence-corrected chi connectivity index (χ3v) is 2.81. The fourth-order valence-corrected chi connectivity index (χ4v) is 1.97. The lowest BCUT2D eigenvalue weighted by molar-refractivity contribution is 1.46. The molecule has 4 nitrogen and oxygen atoms in total. The molecule has 2 N–H and O–H groups in total. The average molecular weight is 223 g/mol. The van der Waals surface area contributed by atoms with Gasteiger partial charge < -0.3 is 5.73 Å². The number of para-hydroxylation sites is 1. The molecule has 0 bridgehead atoms. The van der Waals surface area contributed by atoms with Gasteiger partial charge in [-0.25, -0.2) is 4.98 Å². The summed E-state index contributed by atoms with van der Waals surface area (Å²) in [6.45, 7) is 0. The number of anilines is 1. The smallest absolute Gasteiger partial charge is 0.110 e. The maximum absolute atomic E-state index is 10.5. The third kappa shape index (κ3) is 1.42. The minimum absolute atomic E-state index is 0.361. The normalized spacial score (nSPS) is 10.8. The zero-order valence-electron chi connectivity index (χ0n) is 8.92. The molecule has 1 heterocycles. The standard InChI is InChI=1S/C13H9N3O/c14-13-9-3-1-2-4-11(9)15-12-7-8(16-17)5-6-10(12)13/h1-7H,(H2,14,15). The SMILES string of the molecule is Nc1c2ccccc2nc2cc(N=O)ccc12. The van der Waals surface area contributed by atoms with Crippen LogP contribution in [0.2, 0.25) is 0 Å². The topological polar surface area (TPSA) is 68.3 Å². The van der Waals surface area contributed by atoms with Gasteiger partial charge in [0.25, 0.3) is 0 Å². The van der Waals surface area contributed by atoms with Crippen molar-refractivity contribution in [3.63, 3.8) is 0 Å². The van der Waals surface area contributed by atoms with Crippen LogP contribution in [0.3, 0.4) is 0 Å².